The molecule has 0 fully saturated rings. The minimum absolute atomic E-state index is 0.0185. The van der Waals surface area contributed by atoms with Crippen molar-refractivity contribution in [1.29, 1.82) is 0 Å². The second kappa shape index (κ2) is 1.54. The Morgan fingerprint density at radius 1 is 1.88 bits per heavy atom. The van der Waals surface area contributed by atoms with Crippen molar-refractivity contribution in [2.75, 3.05) is 7.05 Å². The lowest BCUT2D eigenvalue weighted by atomic mass is 10.3. The number of nitrogens with zero attached hydrogens (tertiary/aromatic N) is 2. The van der Waals surface area contributed by atoms with Gasteiger partial charge in [-0.2, -0.15) is 5.11 Å². The Morgan fingerprint density at radius 3 is 2.62 bits per heavy atom. The van der Waals surface area contributed by atoms with Crippen molar-refractivity contribution in [2.45, 2.75) is 13.0 Å². The molecule has 1 rings (SSSR count). The number of hydrogen-bond donors (Lipinski definition) is 1. The smallest absolute Gasteiger partial charge is 0.240 e. The largest absolute Gasteiger partial charge is 0.375 e. The zero-order chi connectivity index (χ0) is 6.15. The highest BCUT2D eigenvalue weighted by molar-refractivity contribution is 5.79. The summed E-state index contributed by atoms with van der Waals surface area (Å²) in [5, 5.41) is 7.55. The quantitative estimate of drug-likeness (QED) is 0.400. The summed E-state index contributed by atoms with van der Waals surface area (Å²) in [6.07, 6.45) is 0. The average molecular weight is 114 g/mol. The van der Waals surface area contributed by atoms with Gasteiger partial charge in [-0.1, -0.05) is 0 Å². The number of hydrogen-bond acceptors (Lipinski definition) is 2. The Morgan fingerprint density at radius 2 is 2.50 bits per heavy atom. The van der Waals surface area contributed by atoms with Crippen molar-refractivity contribution >= 4 is 5.91 Å². The third-order valence-electron chi connectivity index (χ3n) is 1.09. The average Bonchev–Trinajstić information content (AvgIpc) is 1.98. The van der Waals surface area contributed by atoms with Crippen LogP contribution < -0.4 is 5.11 Å². The van der Waals surface area contributed by atoms with Gasteiger partial charge in [-0.25, -0.2) is 4.79 Å². The van der Waals surface area contributed by atoms with Crippen LogP contribution in [0.25, 0.3) is 0 Å². The highest BCUT2D eigenvalue weighted by Crippen LogP contribution is 1.89. The molecule has 0 aromatic rings. The molecular formula is C4H8N3O+. The molecule has 0 saturated carbocycles. The molecule has 0 saturated heterocycles. The van der Waals surface area contributed by atoms with Gasteiger partial charge in [0.2, 0.25) is 6.04 Å². The van der Waals surface area contributed by atoms with Gasteiger partial charge in [0.1, 0.15) is 7.05 Å². The number of likely N-dealkylation sites (N-methyl/N-ethyl adjacent to an activating group) is 1. The second-order valence-electron chi connectivity index (χ2n) is 1.81. The first-order valence-electron chi connectivity index (χ1n) is 2.45. The van der Waals surface area contributed by atoms with Crippen LogP contribution in [0.2, 0.25) is 0 Å². The van der Waals surface area contributed by atoms with Crippen LogP contribution in [0.3, 0.4) is 0 Å². The Bertz CT molecular complexity index is 128. The predicted molar refractivity (Wildman–Crippen MR) is 25.6 cm³/mol. The minimum Gasteiger partial charge on any atom is -0.240 e. The maximum Gasteiger partial charge on any atom is 0.375 e. The third-order valence-corrected chi connectivity index (χ3v) is 1.09. The first-order valence-corrected chi connectivity index (χ1v) is 2.45. The molecule has 0 radical (unpaired) electrons. The molecule has 1 atom stereocenters. The fourth-order valence-electron chi connectivity index (χ4n) is 0.558. The standard InChI is InChI=1S/C4H7N3O/c1-3-4(8)7(2)6-5-3/h3H,1-2H3/p+1. The SMILES string of the molecule is CC1[NH+]=NN(C)C1=O. The zero-order valence-corrected chi connectivity index (χ0v) is 4.88. The fourth-order valence-corrected chi connectivity index (χ4v) is 0.558. The first kappa shape index (κ1) is 5.21. The molecule has 1 amide bonds. The maximum absolute atomic E-state index is 10.7. The summed E-state index contributed by atoms with van der Waals surface area (Å²) < 4.78 is 0. The van der Waals surface area contributed by atoms with Crippen LogP contribution in [-0.4, -0.2) is 24.0 Å². The third kappa shape index (κ3) is 0.576. The van der Waals surface area contributed by atoms with Gasteiger partial charge in [-0.3, -0.25) is 0 Å². The molecule has 4 heteroatoms. The molecule has 0 aliphatic carbocycles. The minimum atomic E-state index is -0.139. The topological polar surface area (TPSA) is 46.6 Å². The summed E-state index contributed by atoms with van der Waals surface area (Å²) in [6.45, 7) is 1.77. The van der Waals surface area contributed by atoms with Crippen LogP contribution >= 0.6 is 0 Å². The molecule has 1 unspecified atom stereocenters. The molecule has 8 heavy (non-hydrogen) atoms. The lowest BCUT2D eigenvalue weighted by molar-refractivity contribution is -0.549. The molecule has 1 aliphatic rings. The van der Waals surface area contributed by atoms with Crippen molar-refractivity contribution in [1.82, 2.24) is 5.01 Å². The van der Waals surface area contributed by atoms with Gasteiger partial charge >= 0.3 is 5.91 Å². The highest BCUT2D eigenvalue weighted by Gasteiger charge is 2.30. The molecule has 4 nitrogen and oxygen atoms in total. The van der Waals surface area contributed by atoms with Gasteiger partial charge in [0, 0.05) is 0 Å². The zero-order valence-electron chi connectivity index (χ0n) is 4.88. The van der Waals surface area contributed by atoms with E-state index in [0.717, 1.165) is 0 Å². The maximum atomic E-state index is 10.7. The fraction of sp³-hybridized carbons (Fsp3) is 0.750. The molecule has 0 bridgehead atoms. The van der Waals surface area contributed by atoms with E-state index in [1.54, 1.807) is 14.0 Å². The summed E-state index contributed by atoms with van der Waals surface area (Å²) in [5.41, 5.74) is 0. The van der Waals surface area contributed by atoms with E-state index in [1.165, 1.54) is 5.01 Å². The van der Waals surface area contributed by atoms with Crippen LogP contribution in [0, 0.1) is 0 Å². The van der Waals surface area contributed by atoms with E-state index in [0.29, 0.717) is 0 Å². The highest BCUT2D eigenvalue weighted by atomic mass is 16.2. The summed E-state index contributed by atoms with van der Waals surface area (Å²) in [5.74, 6) is 0.0185. The molecule has 44 valence electrons. The van der Waals surface area contributed by atoms with Gasteiger partial charge in [-0.15, -0.1) is 5.01 Å². The van der Waals surface area contributed by atoms with Gasteiger partial charge in [0.05, 0.1) is 5.22 Å². The molecule has 0 spiro atoms. The Kier molecular flexibility index (Phi) is 1.00. The number of carbonyl (C=O) groups excluding carboxylic acids is 1. The first-order chi connectivity index (χ1) is 3.72. The summed E-state index contributed by atoms with van der Waals surface area (Å²) in [4.78, 5) is 10.7. The molecular weight excluding hydrogens is 106 g/mol. The van der Waals surface area contributed by atoms with Crippen molar-refractivity contribution in [2.24, 2.45) is 5.22 Å². The molecule has 0 aromatic heterocycles. The van der Waals surface area contributed by atoms with Crippen LogP contribution in [0.15, 0.2) is 5.22 Å². The van der Waals surface area contributed by atoms with Gasteiger partial charge in [-0.05, 0) is 6.92 Å². The van der Waals surface area contributed by atoms with E-state index in [2.05, 4.69) is 10.3 Å². The van der Waals surface area contributed by atoms with Gasteiger partial charge in [0.25, 0.3) is 0 Å². The Balaban J connectivity index is 2.70. The van der Waals surface area contributed by atoms with E-state index in [-0.39, 0.29) is 11.9 Å². The summed E-state index contributed by atoms with van der Waals surface area (Å²) in [7, 11) is 1.62. The monoisotopic (exact) mass is 114 g/mol. The van der Waals surface area contributed by atoms with Crippen LogP contribution in [0.4, 0.5) is 0 Å². The van der Waals surface area contributed by atoms with Gasteiger partial charge < -0.3 is 0 Å². The van der Waals surface area contributed by atoms with E-state index < -0.39 is 0 Å². The van der Waals surface area contributed by atoms with Crippen molar-refractivity contribution in [3.63, 3.8) is 0 Å². The lowest BCUT2D eigenvalue weighted by Gasteiger charge is -1.89. The number of amides is 1. The van der Waals surface area contributed by atoms with E-state index in [4.69, 9.17) is 0 Å². The number of carbonyl (C=O) groups is 1. The van der Waals surface area contributed by atoms with Crippen molar-refractivity contribution in [3.8, 4) is 0 Å². The van der Waals surface area contributed by atoms with E-state index in [1.807, 2.05) is 0 Å². The number of rotatable bonds is 0. The van der Waals surface area contributed by atoms with Gasteiger partial charge in [0.15, 0.2) is 0 Å². The Labute approximate surface area is 47.2 Å². The van der Waals surface area contributed by atoms with E-state index >= 15 is 0 Å². The normalized spacial score (nSPS) is 27.5. The molecule has 1 aliphatic heterocycles. The summed E-state index contributed by atoms with van der Waals surface area (Å²) in [6, 6.07) is -0.139. The Hall–Kier alpha value is -0.930. The van der Waals surface area contributed by atoms with Crippen LogP contribution in [-0.2, 0) is 4.79 Å². The van der Waals surface area contributed by atoms with Crippen molar-refractivity contribution in [3.05, 3.63) is 0 Å². The number of nitrogens with one attached hydrogen (secondary N) is 1. The molecule has 0 aromatic carbocycles. The van der Waals surface area contributed by atoms with E-state index in [9.17, 15) is 4.79 Å². The molecule has 1 heterocycles. The van der Waals surface area contributed by atoms with Crippen LogP contribution in [0.1, 0.15) is 6.92 Å². The summed E-state index contributed by atoms with van der Waals surface area (Å²) >= 11 is 0. The molecule has 1 N–H and O–H groups in total. The lowest BCUT2D eigenvalue weighted by Crippen LogP contribution is -2.71. The van der Waals surface area contributed by atoms with Crippen LogP contribution in [0.5, 0.6) is 0 Å². The second-order valence-corrected chi connectivity index (χ2v) is 1.81. The van der Waals surface area contributed by atoms with Crippen molar-refractivity contribution < 1.29 is 9.91 Å². The predicted octanol–water partition coefficient (Wildman–Crippen LogP) is -1.71.